The number of urea groups is 1. The molecule has 0 bridgehead atoms. The van der Waals surface area contributed by atoms with Gasteiger partial charge >= 0.3 is 6.03 Å². The van der Waals surface area contributed by atoms with Crippen molar-refractivity contribution in [1.29, 1.82) is 0 Å². The maximum Gasteiger partial charge on any atom is 0.315 e. The molecule has 1 heterocycles. The van der Waals surface area contributed by atoms with Gasteiger partial charge in [-0.25, -0.2) is 17.5 Å². The fourth-order valence-corrected chi connectivity index (χ4v) is 6.58. The molecule has 0 radical (unpaired) electrons. The van der Waals surface area contributed by atoms with Crippen LogP contribution in [0.1, 0.15) is 74.7 Å². The molecule has 5 amide bonds. The Hall–Kier alpha value is -3.00. The van der Waals surface area contributed by atoms with E-state index in [-0.39, 0.29) is 42.7 Å². The summed E-state index contributed by atoms with van der Waals surface area (Å²) in [7, 11) is -2.04. The number of ketones is 1. The molecule has 0 spiro atoms. The Morgan fingerprint density at radius 2 is 1.70 bits per heavy atom. The van der Waals surface area contributed by atoms with Crippen LogP contribution in [0.2, 0.25) is 0 Å². The van der Waals surface area contributed by atoms with Gasteiger partial charge in [-0.05, 0) is 35.0 Å². The Kier molecular flexibility index (Phi) is 13.0. The number of likely N-dealkylation sites (N-methyl/N-ethyl adjacent to an activating group) is 1. The molecular formula is C32H56N6O7S. The number of hydrogen-bond acceptors (Lipinski definition) is 7. The summed E-state index contributed by atoms with van der Waals surface area (Å²) in [5.74, 6) is -2.70. The number of nitrogens with zero attached hydrogens (tertiary/aromatic N) is 2. The number of piperidine rings is 1. The van der Waals surface area contributed by atoms with Crippen LogP contribution in [-0.2, 0) is 29.2 Å². The average Bonchev–Trinajstić information content (AvgIpc) is 3.26. The Morgan fingerprint density at radius 1 is 1.09 bits per heavy atom. The van der Waals surface area contributed by atoms with Crippen molar-refractivity contribution in [2.45, 2.75) is 98.8 Å². The third-order valence-corrected chi connectivity index (χ3v) is 10.7. The fourth-order valence-electron chi connectivity index (χ4n) is 6.15. The first-order valence-electron chi connectivity index (χ1n) is 16.1. The zero-order chi connectivity index (χ0) is 35.4. The van der Waals surface area contributed by atoms with Gasteiger partial charge in [-0.2, -0.15) is 0 Å². The van der Waals surface area contributed by atoms with Crippen molar-refractivity contribution in [3.63, 3.8) is 0 Å². The molecule has 4 N–H and O–H groups in total. The minimum absolute atomic E-state index is 0.0500. The van der Waals surface area contributed by atoms with Crippen LogP contribution in [0.3, 0.4) is 0 Å². The van der Waals surface area contributed by atoms with Crippen molar-refractivity contribution in [2.24, 2.45) is 28.6 Å². The lowest BCUT2D eigenvalue weighted by Crippen LogP contribution is -2.62. The van der Waals surface area contributed by atoms with Gasteiger partial charge in [0.1, 0.15) is 12.1 Å². The summed E-state index contributed by atoms with van der Waals surface area (Å²) in [6.45, 7) is 19.2. The van der Waals surface area contributed by atoms with E-state index in [0.717, 1.165) is 17.0 Å². The van der Waals surface area contributed by atoms with Gasteiger partial charge < -0.3 is 26.2 Å². The van der Waals surface area contributed by atoms with E-state index in [0.29, 0.717) is 13.0 Å². The fraction of sp³-hybridized carbons (Fsp3) is 0.781. The summed E-state index contributed by atoms with van der Waals surface area (Å²) < 4.78 is 25.1. The SMILES string of the molecule is C=CCNC(=O)C(=O)C(CCCC)NC(=O)[C@@H]1[C@@H]2[C@H](CN1C(=O)[C@@H](NC(=O)N[C@H](CN(C)S(C)(=O)=O)C(C)C)C(C)(C)C)C2(C)C. The molecule has 1 aliphatic heterocycles. The summed E-state index contributed by atoms with van der Waals surface area (Å²) in [6, 6.07) is -4.12. The number of rotatable bonds is 16. The maximum atomic E-state index is 14.2. The second-order valence-electron chi connectivity index (χ2n) is 14.8. The first kappa shape index (κ1) is 39.2. The number of nitrogens with one attached hydrogen (secondary N) is 4. The monoisotopic (exact) mass is 668 g/mol. The van der Waals surface area contributed by atoms with E-state index in [2.05, 4.69) is 27.8 Å². The summed E-state index contributed by atoms with van der Waals surface area (Å²) in [5, 5.41) is 10.9. The van der Waals surface area contributed by atoms with E-state index in [9.17, 15) is 32.4 Å². The van der Waals surface area contributed by atoms with E-state index < -0.39 is 69.1 Å². The molecule has 2 fully saturated rings. The first-order chi connectivity index (χ1) is 21.1. The Labute approximate surface area is 275 Å². The van der Waals surface area contributed by atoms with Crippen molar-refractivity contribution < 1.29 is 32.4 Å². The molecule has 1 saturated heterocycles. The van der Waals surface area contributed by atoms with Gasteiger partial charge in [-0.3, -0.25) is 19.2 Å². The number of amides is 5. The lowest BCUT2D eigenvalue weighted by molar-refractivity contribution is -0.145. The summed E-state index contributed by atoms with van der Waals surface area (Å²) >= 11 is 0. The molecule has 2 rings (SSSR count). The Balaban J connectivity index is 2.32. The lowest BCUT2D eigenvalue weighted by Gasteiger charge is -2.38. The predicted octanol–water partition coefficient (Wildman–Crippen LogP) is 1.65. The number of hydrogen-bond donors (Lipinski definition) is 4. The van der Waals surface area contributed by atoms with Crippen LogP contribution >= 0.6 is 0 Å². The van der Waals surface area contributed by atoms with Crippen LogP contribution < -0.4 is 21.3 Å². The molecule has 13 nitrogen and oxygen atoms in total. The topological polar surface area (TPSA) is 174 Å². The van der Waals surface area contributed by atoms with E-state index >= 15 is 0 Å². The van der Waals surface area contributed by atoms with Crippen molar-refractivity contribution in [3.05, 3.63) is 12.7 Å². The second-order valence-corrected chi connectivity index (χ2v) is 16.9. The summed E-state index contributed by atoms with van der Waals surface area (Å²) in [5.41, 5.74) is -0.960. The normalized spacial score (nSPS) is 22.3. The van der Waals surface area contributed by atoms with E-state index in [1.807, 2.05) is 55.4 Å². The molecule has 1 saturated carbocycles. The van der Waals surface area contributed by atoms with Crippen molar-refractivity contribution >= 4 is 39.6 Å². The van der Waals surface area contributed by atoms with Gasteiger partial charge in [-0.15, -0.1) is 6.58 Å². The van der Waals surface area contributed by atoms with E-state index in [1.165, 1.54) is 18.0 Å². The predicted molar refractivity (Wildman–Crippen MR) is 177 cm³/mol. The van der Waals surface area contributed by atoms with Gasteiger partial charge in [0, 0.05) is 32.7 Å². The second kappa shape index (κ2) is 15.3. The first-order valence-corrected chi connectivity index (χ1v) is 18.0. The number of carbonyl (C=O) groups excluding carboxylic acids is 5. The Bertz CT molecular complexity index is 1280. The zero-order valence-corrected chi connectivity index (χ0v) is 30.0. The molecule has 0 aromatic heterocycles. The van der Waals surface area contributed by atoms with Crippen LogP contribution in [0.4, 0.5) is 4.79 Å². The maximum absolute atomic E-state index is 14.2. The van der Waals surface area contributed by atoms with Crippen molar-refractivity contribution in [2.75, 3.05) is 32.9 Å². The smallest absolute Gasteiger partial charge is 0.315 e. The van der Waals surface area contributed by atoms with Gasteiger partial charge in [0.15, 0.2) is 0 Å². The highest BCUT2D eigenvalue weighted by molar-refractivity contribution is 7.88. The molecule has 2 aliphatic rings. The third kappa shape index (κ3) is 9.52. The number of likely N-dealkylation sites (tertiary alicyclic amines) is 1. The Morgan fingerprint density at radius 3 is 2.20 bits per heavy atom. The molecule has 6 atom stereocenters. The van der Waals surface area contributed by atoms with Crippen molar-refractivity contribution in [3.8, 4) is 0 Å². The third-order valence-electron chi connectivity index (χ3n) is 9.40. The summed E-state index contributed by atoms with van der Waals surface area (Å²) in [6.07, 6.45) is 4.19. The van der Waals surface area contributed by atoms with Crippen LogP contribution in [0, 0.1) is 28.6 Å². The molecule has 1 unspecified atom stereocenters. The quantitative estimate of drug-likeness (QED) is 0.143. The summed E-state index contributed by atoms with van der Waals surface area (Å²) in [4.78, 5) is 68.5. The largest absolute Gasteiger partial charge is 0.346 e. The molecule has 46 heavy (non-hydrogen) atoms. The molecule has 0 aromatic carbocycles. The standard InChI is InChI=1S/C32H56N6O7S/c1-12-14-15-21(25(39)28(41)33-16-13-2)34-27(40)24-23-20(32(23,8)9)17-38(24)29(42)26(31(5,6)7)36-30(43)35-22(19(3)4)18-37(10)46(11,44)45/h13,19-24,26H,2,12,14-18H2,1,3-11H3,(H,33,41)(H,34,40)(H2,35,36,43)/t20-,21?,22+,23-,24-,26+/m0/s1. The molecule has 0 aromatic rings. The molecule has 14 heteroatoms. The van der Waals surface area contributed by atoms with E-state index in [4.69, 9.17) is 0 Å². The molecular weight excluding hydrogens is 612 g/mol. The minimum Gasteiger partial charge on any atom is -0.346 e. The van der Waals surface area contributed by atoms with Crippen LogP contribution in [0.25, 0.3) is 0 Å². The van der Waals surface area contributed by atoms with E-state index in [1.54, 1.807) is 0 Å². The number of sulfonamides is 1. The minimum atomic E-state index is -3.48. The number of fused-ring (bicyclic) bond motifs is 1. The lowest BCUT2D eigenvalue weighted by atomic mass is 9.85. The van der Waals surface area contributed by atoms with Crippen LogP contribution in [0.5, 0.6) is 0 Å². The highest BCUT2D eigenvalue weighted by Gasteiger charge is 2.70. The highest BCUT2D eigenvalue weighted by Crippen LogP contribution is 2.65. The molecule has 1 aliphatic carbocycles. The number of Topliss-reactive ketones (excluding diaryl/α,β-unsaturated/α-hetero) is 1. The molecule has 262 valence electrons. The highest BCUT2D eigenvalue weighted by atomic mass is 32.2. The van der Waals surface area contributed by atoms with Crippen LogP contribution in [-0.4, -0.2) is 104 Å². The van der Waals surface area contributed by atoms with Gasteiger partial charge in [0.2, 0.25) is 27.6 Å². The van der Waals surface area contributed by atoms with Gasteiger partial charge in [0.25, 0.3) is 5.91 Å². The van der Waals surface area contributed by atoms with Crippen LogP contribution in [0.15, 0.2) is 12.7 Å². The number of unbranched alkanes of at least 4 members (excludes halogenated alkanes) is 1. The zero-order valence-electron chi connectivity index (χ0n) is 29.2. The average molecular weight is 669 g/mol. The number of carbonyl (C=O) groups is 5. The van der Waals surface area contributed by atoms with Gasteiger partial charge in [-0.1, -0.05) is 74.3 Å². The van der Waals surface area contributed by atoms with Gasteiger partial charge in [0.05, 0.1) is 12.3 Å². The van der Waals surface area contributed by atoms with Crippen molar-refractivity contribution in [1.82, 2.24) is 30.5 Å².